The number of H-pyrrole nitrogens is 4. The van der Waals surface area contributed by atoms with Crippen molar-refractivity contribution in [1.82, 2.24) is 19.9 Å². The minimum atomic E-state index is 1.02. The van der Waals surface area contributed by atoms with Crippen molar-refractivity contribution in [3.05, 3.63) is 243 Å². The van der Waals surface area contributed by atoms with Gasteiger partial charge in [-0.1, -0.05) is 54.6 Å². The maximum absolute atomic E-state index is 3.99. The van der Waals surface area contributed by atoms with Crippen LogP contribution >= 0.6 is 0 Å². The second kappa shape index (κ2) is 13.5. The summed E-state index contributed by atoms with van der Waals surface area (Å²) < 4.78 is 6.22. The third kappa shape index (κ3) is 5.69. The second-order valence-electron chi connectivity index (χ2n) is 16.4. The second-order valence-corrected chi connectivity index (χ2v) is 16.4. The fourth-order valence-electron chi connectivity index (χ4n) is 9.51. The van der Waals surface area contributed by atoms with E-state index in [9.17, 15) is 0 Å². The number of fused-ring (bicyclic) bond motifs is 8. The number of hydrogen-bond donors (Lipinski definition) is 4. The third-order valence-corrected chi connectivity index (χ3v) is 12.5. The average molecular weight is 789 g/mol. The molecule has 0 saturated heterocycles. The van der Waals surface area contributed by atoms with Crippen molar-refractivity contribution in [1.29, 1.82) is 0 Å². The van der Waals surface area contributed by atoms with E-state index in [4.69, 9.17) is 0 Å². The Bertz CT molecular complexity index is 3750. The van der Waals surface area contributed by atoms with Crippen LogP contribution in [0.25, 0.3) is 54.6 Å². The maximum Gasteiger partial charge on any atom is 0.169 e. The predicted octanol–water partition coefficient (Wildman–Crippen LogP) is 5.67. The van der Waals surface area contributed by atoms with Crippen molar-refractivity contribution >= 4 is 54.6 Å². The van der Waals surface area contributed by atoms with Gasteiger partial charge >= 0.3 is 0 Å². The van der Waals surface area contributed by atoms with E-state index in [2.05, 4.69) is 231 Å². The molecule has 61 heavy (non-hydrogen) atoms. The zero-order valence-corrected chi connectivity index (χ0v) is 34.1. The largest absolute Gasteiger partial charge is 0.354 e. The number of benzene rings is 4. The molecule has 7 heteroatoms. The number of aryl methyl sites for hydroxylation is 3. The van der Waals surface area contributed by atoms with Crippen LogP contribution in [0.2, 0.25) is 0 Å². The molecule has 0 amide bonds. The molecule has 1 aliphatic heterocycles. The van der Waals surface area contributed by atoms with Crippen molar-refractivity contribution in [2.45, 2.75) is 0 Å². The first kappa shape index (κ1) is 35.0. The molecule has 7 aromatic heterocycles. The van der Waals surface area contributed by atoms with Crippen LogP contribution in [0.5, 0.6) is 0 Å². The minimum absolute atomic E-state index is 1.02. The Morgan fingerprint density at radius 2 is 0.672 bits per heavy atom. The molecule has 12 rings (SSSR count). The van der Waals surface area contributed by atoms with E-state index < -0.39 is 0 Å². The molecule has 7 nitrogen and oxygen atoms in total. The van der Waals surface area contributed by atoms with Gasteiger partial charge in [0.15, 0.2) is 37.2 Å². The summed E-state index contributed by atoms with van der Waals surface area (Å²) in [6, 6.07) is 51.2. The van der Waals surface area contributed by atoms with Gasteiger partial charge in [0, 0.05) is 103 Å². The summed E-state index contributed by atoms with van der Waals surface area (Å²) >= 11 is 0. The van der Waals surface area contributed by atoms with Gasteiger partial charge in [-0.3, -0.25) is 0 Å². The summed E-state index contributed by atoms with van der Waals surface area (Å²) in [5, 5.41) is 11.6. The van der Waals surface area contributed by atoms with Gasteiger partial charge < -0.3 is 19.9 Å². The van der Waals surface area contributed by atoms with Gasteiger partial charge in [-0.2, -0.15) is 0 Å². The number of pyridine rings is 3. The first-order valence-corrected chi connectivity index (χ1v) is 20.7. The van der Waals surface area contributed by atoms with Crippen LogP contribution in [-0.4, -0.2) is 19.9 Å². The van der Waals surface area contributed by atoms with Gasteiger partial charge in [-0.15, -0.1) is 0 Å². The van der Waals surface area contributed by atoms with Crippen molar-refractivity contribution in [2.24, 2.45) is 21.1 Å². The number of hydrogen-bond acceptors (Lipinski definition) is 0. The molecule has 4 aromatic carbocycles. The molecular weight excluding hydrogens is 747 g/mol. The molecule has 4 N–H and O–H groups in total. The van der Waals surface area contributed by atoms with Crippen molar-refractivity contribution in [3.63, 3.8) is 0 Å². The van der Waals surface area contributed by atoms with E-state index in [1.165, 1.54) is 32.3 Å². The molecule has 0 atom stereocenters. The van der Waals surface area contributed by atoms with E-state index in [1.807, 2.05) is 0 Å². The lowest BCUT2D eigenvalue weighted by Gasteiger charge is -2.15. The van der Waals surface area contributed by atoms with Crippen LogP contribution in [-0.2, 0) is 21.1 Å². The molecule has 8 heterocycles. The van der Waals surface area contributed by atoms with E-state index in [-0.39, 0.29) is 0 Å². The Morgan fingerprint density at radius 3 is 1.11 bits per heavy atom. The molecule has 0 radical (unpaired) electrons. The lowest BCUT2D eigenvalue weighted by Crippen LogP contribution is -2.26. The molecule has 0 aliphatic carbocycles. The van der Waals surface area contributed by atoms with Crippen LogP contribution in [0.15, 0.2) is 177 Å². The first-order chi connectivity index (χ1) is 29.9. The molecule has 0 unspecified atom stereocenters. The maximum atomic E-state index is 3.99. The van der Waals surface area contributed by atoms with Crippen LogP contribution in [0.1, 0.15) is 45.0 Å². The lowest BCUT2D eigenvalue weighted by atomic mass is 9.89. The third-order valence-electron chi connectivity index (χ3n) is 12.5. The van der Waals surface area contributed by atoms with Crippen molar-refractivity contribution in [2.75, 3.05) is 0 Å². The van der Waals surface area contributed by atoms with Crippen molar-refractivity contribution in [3.8, 4) is 0 Å². The molecule has 0 fully saturated rings. The smallest absolute Gasteiger partial charge is 0.169 e. The number of nitrogens with one attached hydrogen (secondary N) is 4. The van der Waals surface area contributed by atoms with Gasteiger partial charge in [0.25, 0.3) is 0 Å². The first-order valence-electron chi connectivity index (χ1n) is 20.7. The van der Waals surface area contributed by atoms with Gasteiger partial charge in [0.1, 0.15) is 21.1 Å². The lowest BCUT2D eigenvalue weighted by molar-refractivity contribution is -0.671. The highest BCUT2D eigenvalue weighted by Gasteiger charge is 2.21. The Kier molecular flexibility index (Phi) is 7.74. The van der Waals surface area contributed by atoms with Gasteiger partial charge in [0.2, 0.25) is 0 Å². The highest BCUT2D eigenvalue weighted by molar-refractivity contribution is 6.24. The fourth-order valence-corrected chi connectivity index (χ4v) is 9.51. The molecule has 0 spiro atoms. The van der Waals surface area contributed by atoms with Crippen LogP contribution in [0.3, 0.4) is 0 Å². The van der Waals surface area contributed by atoms with Gasteiger partial charge in [0.05, 0.1) is 0 Å². The fraction of sp³-hybridized carbons (Fsp3) is 0.0556. The Balaban J connectivity index is 1.23. The molecular formula is C54H42N7+3. The highest BCUT2D eigenvalue weighted by Crippen LogP contribution is 2.39. The monoisotopic (exact) mass is 788 g/mol. The Morgan fingerprint density at radius 1 is 0.311 bits per heavy atom. The van der Waals surface area contributed by atoms with Crippen molar-refractivity contribution < 1.29 is 13.7 Å². The predicted molar refractivity (Wildman–Crippen MR) is 241 cm³/mol. The summed E-state index contributed by atoms with van der Waals surface area (Å²) in [6.07, 6.45) is 12.7. The molecule has 290 valence electrons. The van der Waals surface area contributed by atoms with E-state index >= 15 is 0 Å². The Hall–Kier alpha value is -8.03. The summed E-state index contributed by atoms with van der Waals surface area (Å²) in [7, 11) is 6.17. The zero-order valence-electron chi connectivity index (χ0n) is 34.1. The zero-order chi connectivity index (χ0) is 40.8. The summed E-state index contributed by atoms with van der Waals surface area (Å²) in [5.41, 5.74) is 12.9. The molecule has 1 aliphatic rings. The van der Waals surface area contributed by atoms with Crippen LogP contribution in [0, 0.1) is 0 Å². The topological polar surface area (TPSA) is 74.8 Å². The number of rotatable bonds is 4. The van der Waals surface area contributed by atoms with Crippen LogP contribution < -0.4 is 35.1 Å². The number of aromatic nitrogens is 7. The summed E-state index contributed by atoms with van der Waals surface area (Å²) in [4.78, 5) is 15.8. The summed E-state index contributed by atoms with van der Waals surface area (Å²) in [5.74, 6) is 0. The number of nitrogens with zero attached hydrogens (tertiary/aromatic N) is 3. The van der Waals surface area contributed by atoms with Gasteiger partial charge in [-0.05, 0) is 103 Å². The molecule has 0 saturated carbocycles. The van der Waals surface area contributed by atoms with Gasteiger partial charge in [-0.25, -0.2) is 13.7 Å². The normalized spacial score (nSPS) is 13.0. The molecule has 11 aromatic rings. The van der Waals surface area contributed by atoms with E-state index in [0.29, 0.717) is 0 Å². The quantitative estimate of drug-likeness (QED) is 0.131. The summed E-state index contributed by atoms with van der Waals surface area (Å²) in [6.45, 7) is 0. The van der Waals surface area contributed by atoms with E-state index in [0.717, 1.165) is 88.7 Å². The Labute approximate surface area is 351 Å². The SMILES string of the molecule is C[n+]1ccc(C2=c3ccc([nH]3)=C(c3cc[n+](C)cc3)c3ccc([nH]3)C(c3ccc4ccc5cccc6ccc3c4c56)=c3ccc([nH]3)=C(c3cc[n+](C)cc3)c3ccc2[nH]3)cc1. The van der Waals surface area contributed by atoms with E-state index in [1.54, 1.807) is 0 Å². The minimum Gasteiger partial charge on any atom is -0.354 e. The standard InChI is InChI=1S/C54H40N7/c1-59-27-21-36(22-28-59)51-41-13-15-43(55-41)52(37-23-29-60(2)30-24-37)45-17-19-47(57-45)54(40-12-10-35-8-7-33-5-4-6-34-9-11-39(40)50(35)49(33)34)48-20-18-46(58-48)53(44-16-14-42(51)56-44)38-25-31-61(3)32-26-38/h4-32H,1-3H3,(H2,55,56,57,58)/q+1/p+2. The number of aromatic amines is 4. The molecule has 8 bridgehead atoms. The average Bonchev–Trinajstić information content (AvgIpc) is 4.13. The highest BCUT2D eigenvalue weighted by atomic mass is 14.9. The van der Waals surface area contributed by atoms with Crippen LogP contribution in [0.4, 0.5) is 0 Å².